The summed E-state index contributed by atoms with van der Waals surface area (Å²) in [4.78, 5) is 0. The van der Waals surface area contributed by atoms with Crippen molar-refractivity contribution in [2.24, 2.45) is 5.73 Å². The Bertz CT molecular complexity index is 388. The predicted molar refractivity (Wildman–Crippen MR) is 62.6 cm³/mol. The van der Waals surface area contributed by atoms with Gasteiger partial charge in [0.25, 0.3) is 0 Å². The number of hydrogen-bond acceptors (Lipinski definition) is 3. The van der Waals surface area contributed by atoms with Crippen LogP contribution < -0.4 is 11.1 Å². The normalized spacial score (nSPS) is 10.2. The quantitative estimate of drug-likeness (QED) is 0.730. The zero-order valence-electron chi connectivity index (χ0n) is 8.83. The van der Waals surface area contributed by atoms with E-state index in [1.807, 2.05) is 37.3 Å². The van der Waals surface area contributed by atoms with E-state index in [9.17, 15) is 0 Å². The van der Waals surface area contributed by atoms with E-state index in [0.29, 0.717) is 18.7 Å². The number of anilines is 1. The van der Waals surface area contributed by atoms with Gasteiger partial charge in [-0.15, -0.1) is 0 Å². The fraction of sp³-hybridized carbons (Fsp3) is 0.250. The average Bonchev–Trinajstić information content (AvgIpc) is 2.25. The average molecular weight is 201 g/mol. The van der Waals surface area contributed by atoms with Crippen molar-refractivity contribution in [1.82, 2.24) is 0 Å². The Labute approximate surface area is 90.2 Å². The summed E-state index contributed by atoms with van der Waals surface area (Å²) >= 11 is 0. The SMILES string of the molecule is Cc1ccc(C#N)c(NC/C=C/CN)c1. The standard InChI is InChI=1S/C12H15N3/c1-10-4-5-11(9-14)12(8-10)15-7-3-2-6-13/h2-5,8,15H,6-7,13H2,1H3/b3-2+. The topological polar surface area (TPSA) is 61.8 Å². The van der Waals surface area contributed by atoms with Crippen LogP contribution in [0.2, 0.25) is 0 Å². The van der Waals surface area contributed by atoms with E-state index in [-0.39, 0.29) is 0 Å². The first-order valence-corrected chi connectivity index (χ1v) is 4.87. The highest BCUT2D eigenvalue weighted by Crippen LogP contribution is 2.16. The smallest absolute Gasteiger partial charge is 0.101 e. The van der Waals surface area contributed by atoms with Crippen LogP contribution in [0, 0.1) is 18.3 Å². The van der Waals surface area contributed by atoms with Crippen molar-refractivity contribution in [3.8, 4) is 6.07 Å². The molecular weight excluding hydrogens is 186 g/mol. The van der Waals surface area contributed by atoms with Gasteiger partial charge in [0.05, 0.1) is 11.3 Å². The van der Waals surface area contributed by atoms with E-state index in [0.717, 1.165) is 11.3 Å². The molecule has 0 spiro atoms. The molecular formula is C12H15N3. The molecule has 0 aliphatic rings. The zero-order valence-corrected chi connectivity index (χ0v) is 8.83. The summed E-state index contributed by atoms with van der Waals surface area (Å²) in [6.45, 7) is 3.23. The molecule has 0 fully saturated rings. The van der Waals surface area contributed by atoms with Crippen LogP contribution in [0.5, 0.6) is 0 Å². The monoisotopic (exact) mass is 201 g/mol. The van der Waals surface area contributed by atoms with Crippen molar-refractivity contribution < 1.29 is 0 Å². The number of nitrogens with two attached hydrogens (primary N) is 1. The van der Waals surface area contributed by atoms with Gasteiger partial charge in [-0.2, -0.15) is 5.26 Å². The number of nitrogens with zero attached hydrogens (tertiary/aromatic N) is 1. The van der Waals surface area contributed by atoms with Crippen molar-refractivity contribution in [1.29, 1.82) is 5.26 Å². The fourth-order valence-corrected chi connectivity index (χ4v) is 1.25. The third kappa shape index (κ3) is 3.45. The highest BCUT2D eigenvalue weighted by Gasteiger charge is 1.99. The molecule has 1 rings (SSSR count). The maximum Gasteiger partial charge on any atom is 0.101 e. The lowest BCUT2D eigenvalue weighted by Gasteiger charge is -2.06. The molecule has 1 aromatic rings. The van der Waals surface area contributed by atoms with Gasteiger partial charge in [-0.3, -0.25) is 0 Å². The molecule has 0 aromatic heterocycles. The van der Waals surface area contributed by atoms with E-state index in [4.69, 9.17) is 11.0 Å². The maximum absolute atomic E-state index is 8.88. The molecule has 3 nitrogen and oxygen atoms in total. The number of benzene rings is 1. The molecule has 0 aliphatic heterocycles. The second-order valence-corrected chi connectivity index (χ2v) is 3.25. The van der Waals surface area contributed by atoms with E-state index < -0.39 is 0 Å². The number of aryl methyl sites for hydroxylation is 1. The van der Waals surface area contributed by atoms with Crippen LogP contribution in [0.4, 0.5) is 5.69 Å². The van der Waals surface area contributed by atoms with Crippen LogP contribution in [-0.2, 0) is 0 Å². The Morgan fingerprint density at radius 3 is 2.93 bits per heavy atom. The molecule has 0 unspecified atom stereocenters. The lowest BCUT2D eigenvalue weighted by Crippen LogP contribution is -2.02. The van der Waals surface area contributed by atoms with Gasteiger partial charge in [0.2, 0.25) is 0 Å². The summed E-state index contributed by atoms with van der Waals surface area (Å²) < 4.78 is 0. The van der Waals surface area contributed by atoms with Crippen molar-refractivity contribution in [2.75, 3.05) is 18.4 Å². The summed E-state index contributed by atoms with van der Waals surface area (Å²) in [6.07, 6.45) is 3.83. The molecule has 3 heteroatoms. The van der Waals surface area contributed by atoms with E-state index in [1.165, 1.54) is 0 Å². The van der Waals surface area contributed by atoms with Gasteiger partial charge in [-0.25, -0.2) is 0 Å². The first-order chi connectivity index (χ1) is 7.27. The largest absolute Gasteiger partial charge is 0.380 e. The van der Waals surface area contributed by atoms with E-state index in [1.54, 1.807) is 0 Å². The van der Waals surface area contributed by atoms with Crippen LogP contribution >= 0.6 is 0 Å². The summed E-state index contributed by atoms with van der Waals surface area (Å²) in [5.74, 6) is 0. The van der Waals surface area contributed by atoms with Crippen LogP contribution in [0.25, 0.3) is 0 Å². The fourth-order valence-electron chi connectivity index (χ4n) is 1.25. The van der Waals surface area contributed by atoms with Gasteiger partial charge in [-0.05, 0) is 24.6 Å². The molecule has 0 radical (unpaired) electrons. The van der Waals surface area contributed by atoms with Crippen LogP contribution in [0.3, 0.4) is 0 Å². The number of rotatable bonds is 4. The Hall–Kier alpha value is -1.79. The number of nitriles is 1. The van der Waals surface area contributed by atoms with Crippen molar-refractivity contribution in [3.05, 3.63) is 41.5 Å². The molecule has 3 N–H and O–H groups in total. The van der Waals surface area contributed by atoms with Gasteiger partial charge >= 0.3 is 0 Å². The molecule has 78 valence electrons. The van der Waals surface area contributed by atoms with Gasteiger partial charge in [-0.1, -0.05) is 18.2 Å². The van der Waals surface area contributed by atoms with Crippen LogP contribution in [0.1, 0.15) is 11.1 Å². The van der Waals surface area contributed by atoms with Gasteiger partial charge in [0.1, 0.15) is 6.07 Å². The number of hydrogen-bond donors (Lipinski definition) is 2. The third-order valence-electron chi connectivity index (χ3n) is 2.01. The molecule has 0 atom stereocenters. The Kier molecular flexibility index (Phi) is 4.39. The minimum absolute atomic E-state index is 0.542. The predicted octanol–water partition coefficient (Wildman–Crippen LogP) is 1.79. The molecule has 0 amide bonds. The van der Waals surface area contributed by atoms with Crippen molar-refractivity contribution >= 4 is 5.69 Å². The second-order valence-electron chi connectivity index (χ2n) is 3.25. The van der Waals surface area contributed by atoms with Gasteiger partial charge < -0.3 is 11.1 Å². The molecule has 0 saturated carbocycles. The van der Waals surface area contributed by atoms with Crippen LogP contribution in [-0.4, -0.2) is 13.1 Å². The molecule has 0 bridgehead atoms. The maximum atomic E-state index is 8.88. The molecule has 15 heavy (non-hydrogen) atoms. The number of nitrogens with one attached hydrogen (secondary N) is 1. The van der Waals surface area contributed by atoms with Crippen LogP contribution in [0.15, 0.2) is 30.4 Å². The minimum Gasteiger partial charge on any atom is -0.380 e. The van der Waals surface area contributed by atoms with Crippen molar-refractivity contribution in [3.63, 3.8) is 0 Å². The Morgan fingerprint density at radius 1 is 1.47 bits per heavy atom. The minimum atomic E-state index is 0.542. The van der Waals surface area contributed by atoms with Crippen molar-refractivity contribution in [2.45, 2.75) is 6.92 Å². The first-order valence-electron chi connectivity index (χ1n) is 4.87. The highest BCUT2D eigenvalue weighted by molar-refractivity contribution is 5.59. The molecule has 0 saturated heterocycles. The van der Waals surface area contributed by atoms with Gasteiger partial charge in [0, 0.05) is 13.1 Å². The third-order valence-corrected chi connectivity index (χ3v) is 2.01. The Balaban J connectivity index is 2.71. The first kappa shape index (κ1) is 11.3. The second kappa shape index (κ2) is 5.84. The summed E-state index contributed by atoms with van der Waals surface area (Å²) in [6, 6.07) is 7.87. The summed E-state index contributed by atoms with van der Waals surface area (Å²) in [5, 5.41) is 12.1. The Morgan fingerprint density at radius 2 is 2.27 bits per heavy atom. The lowest BCUT2D eigenvalue weighted by atomic mass is 10.1. The lowest BCUT2D eigenvalue weighted by molar-refractivity contribution is 1.22. The molecule has 0 aliphatic carbocycles. The zero-order chi connectivity index (χ0) is 11.1. The summed E-state index contributed by atoms with van der Waals surface area (Å²) in [5.41, 5.74) is 8.00. The molecule has 0 heterocycles. The summed E-state index contributed by atoms with van der Waals surface area (Å²) in [7, 11) is 0. The molecule has 1 aromatic carbocycles. The van der Waals surface area contributed by atoms with E-state index in [2.05, 4.69) is 11.4 Å². The van der Waals surface area contributed by atoms with Gasteiger partial charge in [0.15, 0.2) is 0 Å². The highest BCUT2D eigenvalue weighted by atomic mass is 14.9. The van der Waals surface area contributed by atoms with E-state index >= 15 is 0 Å².